The third-order valence-corrected chi connectivity index (χ3v) is 1.43. The molecule has 0 aliphatic rings. The van der Waals surface area contributed by atoms with Gasteiger partial charge in [0, 0.05) is 0 Å². The number of carboxylic acid groups (broad SMARTS) is 1. The Kier molecular flexibility index (Phi) is 3.96. The van der Waals surface area contributed by atoms with Crippen molar-refractivity contribution in [2.45, 2.75) is 17.0 Å². The number of carbonyl (C=O) groups is 1. The van der Waals surface area contributed by atoms with E-state index in [9.17, 15) is 4.79 Å². The smallest absolute Gasteiger partial charge is 0.323 e. The zero-order valence-corrected chi connectivity index (χ0v) is 6.38. The van der Waals surface area contributed by atoms with Gasteiger partial charge in [-0.05, 0) is 0 Å². The first-order chi connectivity index (χ1) is 4.46. The maximum atomic E-state index is 10.0. The van der Waals surface area contributed by atoms with Crippen molar-refractivity contribution in [1.29, 1.82) is 0 Å². The fourth-order valence-corrected chi connectivity index (χ4v) is 0.616. The van der Waals surface area contributed by atoms with Crippen molar-refractivity contribution < 1.29 is 15.0 Å². The van der Waals surface area contributed by atoms with Crippen molar-refractivity contribution in [1.82, 2.24) is 0 Å². The van der Waals surface area contributed by atoms with Crippen LogP contribution in [0.3, 0.4) is 0 Å². The van der Waals surface area contributed by atoms with E-state index in [-0.39, 0.29) is 0 Å². The van der Waals surface area contributed by atoms with Crippen LogP contribution in [0, 0.1) is 0 Å². The Morgan fingerprint density at radius 1 is 1.50 bits per heavy atom. The van der Waals surface area contributed by atoms with Gasteiger partial charge in [0.2, 0.25) is 0 Å². The highest BCUT2D eigenvalue weighted by Crippen LogP contribution is 2.09. The molecule has 0 radical (unpaired) electrons. The second-order valence-electron chi connectivity index (χ2n) is 1.69. The summed E-state index contributed by atoms with van der Waals surface area (Å²) < 4.78 is 0. The van der Waals surface area contributed by atoms with E-state index >= 15 is 0 Å². The summed E-state index contributed by atoms with van der Waals surface area (Å²) in [5.74, 6) is -1.33. The van der Waals surface area contributed by atoms with E-state index in [0.29, 0.717) is 0 Å². The molecule has 60 valence electrons. The topological polar surface area (TPSA) is 83.6 Å². The Balaban J connectivity index is 3.94. The number of nitrogens with two attached hydrogens (primary N) is 1. The lowest BCUT2D eigenvalue weighted by atomic mass is 10.2. The summed E-state index contributed by atoms with van der Waals surface area (Å²) in [6.07, 6.45) is -1.43. The van der Waals surface area contributed by atoms with E-state index in [2.05, 4.69) is 0 Å². The predicted octanol–water partition coefficient (Wildman–Crippen LogP) is -0.437. The fourth-order valence-electron chi connectivity index (χ4n) is 0.303. The fraction of sp³-hybridized carbons (Fsp3) is 0.750. The van der Waals surface area contributed by atoms with Crippen LogP contribution in [0.1, 0.15) is 0 Å². The molecule has 0 bridgehead atoms. The number of alkyl halides is 2. The molecule has 0 heterocycles. The summed E-state index contributed by atoms with van der Waals surface area (Å²) in [5.41, 5.74) is 4.94. The summed E-state index contributed by atoms with van der Waals surface area (Å²) >= 11 is 10.3. The van der Waals surface area contributed by atoms with E-state index in [1.165, 1.54) is 0 Å². The maximum absolute atomic E-state index is 10.0. The van der Waals surface area contributed by atoms with Gasteiger partial charge < -0.3 is 15.9 Å². The number of aliphatic hydroxyl groups is 1. The lowest BCUT2D eigenvalue weighted by Crippen LogP contribution is -2.44. The lowest BCUT2D eigenvalue weighted by Gasteiger charge is -2.14. The highest BCUT2D eigenvalue weighted by Gasteiger charge is 2.26. The first-order valence-electron chi connectivity index (χ1n) is 2.41. The minimum absolute atomic E-state index is 1.17. The van der Waals surface area contributed by atoms with E-state index in [1.807, 2.05) is 0 Å². The number of hydrogen-bond acceptors (Lipinski definition) is 3. The van der Waals surface area contributed by atoms with Gasteiger partial charge in [0.25, 0.3) is 0 Å². The van der Waals surface area contributed by atoms with Gasteiger partial charge in [-0.1, -0.05) is 0 Å². The van der Waals surface area contributed by atoms with Crippen LogP contribution in [-0.2, 0) is 4.79 Å². The van der Waals surface area contributed by atoms with E-state index < -0.39 is 23.0 Å². The minimum atomic E-state index is -1.43. The standard InChI is InChI=1S/C4H7Cl2NO3/c5-3(6)2(8)1(7)4(9)10/h1-3,8H,7H2,(H,9,10)/t1-,2-/m0/s1. The summed E-state index contributed by atoms with van der Waals surface area (Å²) in [6.45, 7) is 0. The van der Waals surface area contributed by atoms with Crippen molar-refractivity contribution >= 4 is 29.2 Å². The molecule has 4 nitrogen and oxygen atoms in total. The minimum Gasteiger partial charge on any atom is -0.480 e. The second-order valence-corrected chi connectivity index (χ2v) is 2.85. The Bertz CT molecular complexity index is 130. The normalized spacial score (nSPS) is 16.9. The molecule has 6 heteroatoms. The van der Waals surface area contributed by atoms with Crippen molar-refractivity contribution in [3.8, 4) is 0 Å². The Morgan fingerprint density at radius 3 is 2.00 bits per heavy atom. The monoisotopic (exact) mass is 187 g/mol. The number of halogens is 2. The average Bonchev–Trinajstić information content (AvgIpc) is 1.84. The molecule has 0 aromatic carbocycles. The van der Waals surface area contributed by atoms with Gasteiger partial charge in [0.1, 0.15) is 17.0 Å². The maximum Gasteiger partial charge on any atom is 0.323 e. The molecule has 10 heavy (non-hydrogen) atoms. The summed E-state index contributed by atoms with van der Waals surface area (Å²) in [6, 6.07) is -1.43. The van der Waals surface area contributed by atoms with Crippen LogP contribution in [0.15, 0.2) is 0 Å². The van der Waals surface area contributed by atoms with E-state index in [0.717, 1.165) is 0 Å². The molecule has 0 amide bonds. The molecule has 0 saturated carbocycles. The first-order valence-corrected chi connectivity index (χ1v) is 3.28. The molecule has 0 aliphatic heterocycles. The molecule has 0 aromatic heterocycles. The highest BCUT2D eigenvalue weighted by atomic mass is 35.5. The molecule has 4 N–H and O–H groups in total. The van der Waals surface area contributed by atoms with E-state index in [1.54, 1.807) is 0 Å². The third kappa shape index (κ3) is 2.70. The lowest BCUT2D eigenvalue weighted by molar-refractivity contribution is -0.140. The van der Waals surface area contributed by atoms with Crippen molar-refractivity contribution in [3.63, 3.8) is 0 Å². The average molecular weight is 188 g/mol. The van der Waals surface area contributed by atoms with Crippen molar-refractivity contribution in [2.24, 2.45) is 5.73 Å². The molecule has 0 spiro atoms. The molecule has 0 rings (SSSR count). The molecular weight excluding hydrogens is 181 g/mol. The van der Waals surface area contributed by atoms with Crippen molar-refractivity contribution in [3.05, 3.63) is 0 Å². The molecule has 0 fully saturated rings. The number of hydrogen-bond donors (Lipinski definition) is 3. The van der Waals surface area contributed by atoms with Gasteiger partial charge in [-0.3, -0.25) is 4.79 Å². The van der Waals surface area contributed by atoms with Gasteiger partial charge in [-0.15, -0.1) is 23.2 Å². The quantitative estimate of drug-likeness (QED) is 0.524. The van der Waals surface area contributed by atoms with Gasteiger partial charge in [0.15, 0.2) is 0 Å². The van der Waals surface area contributed by atoms with Crippen LogP contribution in [0.2, 0.25) is 0 Å². The molecule has 0 aliphatic carbocycles. The molecule has 2 atom stereocenters. The van der Waals surface area contributed by atoms with Gasteiger partial charge in [-0.2, -0.15) is 0 Å². The third-order valence-electron chi connectivity index (χ3n) is 0.911. The number of aliphatic carboxylic acids is 1. The van der Waals surface area contributed by atoms with Crippen LogP contribution in [0.25, 0.3) is 0 Å². The summed E-state index contributed by atoms with van der Waals surface area (Å²) in [4.78, 5) is 8.87. The SMILES string of the molecule is N[C@H](C(=O)O)[C@H](O)C(Cl)Cl. The molecule has 0 saturated heterocycles. The van der Waals surface area contributed by atoms with Gasteiger partial charge in [0.05, 0.1) is 0 Å². The molecular formula is C4H7Cl2NO3. The summed E-state index contributed by atoms with van der Waals surface area (Å²) in [7, 11) is 0. The number of carboxylic acids is 1. The number of aliphatic hydroxyl groups excluding tert-OH is 1. The second kappa shape index (κ2) is 3.98. The van der Waals surface area contributed by atoms with E-state index in [4.69, 9.17) is 39.1 Å². The van der Waals surface area contributed by atoms with Gasteiger partial charge in [-0.25, -0.2) is 0 Å². The van der Waals surface area contributed by atoms with Crippen LogP contribution in [-0.4, -0.2) is 33.2 Å². The van der Waals surface area contributed by atoms with Crippen molar-refractivity contribution in [2.75, 3.05) is 0 Å². The largest absolute Gasteiger partial charge is 0.480 e. The zero-order valence-electron chi connectivity index (χ0n) is 4.87. The highest BCUT2D eigenvalue weighted by molar-refractivity contribution is 6.44. The zero-order chi connectivity index (χ0) is 8.31. The molecule has 0 aromatic rings. The Morgan fingerprint density at radius 2 is 1.90 bits per heavy atom. The summed E-state index contributed by atoms with van der Waals surface area (Å²) in [5, 5.41) is 17.0. The van der Waals surface area contributed by atoms with Crippen LogP contribution in [0.5, 0.6) is 0 Å². The Hall–Kier alpha value is -0.0300. The molecule has 0 unspecified atom stereocenters. The van der Waals surface area contributed by atoms with Crippen LogP contribution >= 0.6 is 23.2 Å². The Labute approximate surface area is 67.5 Å². The number of rotatable bonds is 3. The van der Waals surface area contributed by atoms with Crippen LogP contribution < -0.4 is 5.73 Å². The van der Waals surface area contributed by atoms with Gasteiger partial charge >= 0.3 is 5.97 Å². The first kappa shape index (κ1) is 9.97. The van der Waals surface area contributed by atoms with Crippen LogP contribution in [0.4, 0.5) is 0 Å². The predicted molar refractivity (Wildman–Crippen MR) is 37.1 cm³/mol.